The van der Waals surface area contributed by atoms with Crippen LogP contribution in [0.1, 0.15) is 51.4 Å². The number of alkyl halides is 1. The highest BCUT2D eigenvalue weighted by molar-refractivity contribution is 7.13. The first-order valence-electron chi connectivity index (χ1n) is 9.73. The number of aromatic carboxylic acids is 1. The number of carboxylic acid groups (broad SMARTS) is 1. The Hall–Kier alpha value is -1.07. The maximum atomic E-state index is 11.0. The summed E-state index contributed by atoms with van der Waals surface area (Å²) in [5.41, 5.74) is 2.35. The van der Waals surface area contributed by atoms with Crippen molar-refractivity contribution in [2.24, 2.45) is 11.8 Å². The summed E-state index contributed by atoms with van der Waals surface area (Å²) < 4.78 is 0. The number of hydrogen-bond acceptors (Lipinski definition) is 3. The van der Waals surface area contributed by atoms with Gasteiger partial charge in [-0.25, -0.2) is 4.79 Å². The molecular formula is C22H26Cl2O3S. The maximum absolute atomic E-state index is 11.0. The van der Waals surface area contributed by atoms with Crippen LogP contribution in [0.2, 0.25) is 5.02 Å². The van der Waals surface area contributed by atoms with Crippen molar-refractivity contribution in [3.8, 4) is 0 Å². The summed E-state index contributed by atoms with van der Waals surface area (Å²) in [7, 11) is 0. The normalized spacial score (nSPS) is 24.6. The van der Waals surface area contributed by atoms with Gasteiger partial charge in [0, 0.05) is 15.3 Å². The maximum Gasteiger partial charge on any atom is 0.345 e. The van der Waals surface area contributed by atoms with Gasteiger partial charge >= 0.3 is 5.97 Å². The predicted molar refractivity (Wildman–Crippen MR) is 116 cm³/mol. The number of carboxylic acids is 1. The molecule has 2 aromatic rings. The molecule has 0 bridgehead atoms. The van der Waals surface area contributed by atoms with Crippen molar-refractivity contribution >= 4 is 40.5 Å². The van der Waals surface area contributed by atoms with Crippen LogP contribution in [0, 0.1) is 18.8 Å². The first-order chi connectivity index (χ1) is 13.3. The molecule has 152 valence electrons. The standard InChI is InChI=1S/C22H26Cl2O3S/c1-13-9-14(11-15(23)10-13)5-7-18-17(19(24)12-20(18)25)4-2-3-16-6-8-21(28-16)22(26)27/h6,8-11,17-20,25H,2-5,7,12H2,1H3,(H,26,27). The molecule has 1 aliphatic carbocycles. The van der Waals surface area contributed by atoms with Gasteiger partial charge in [-0.15, -0.1) is 22.9 Å². The van der Waals surface area contributed by atoms with E-state index in [4.69, 9.17) is 28.3 Å². The Morgan fingerprint density at radius 2 is 1.96 bits per heavy atom. The highest BCUT2D eigenvalue weighted by Gasteiger charge is 2.40. The van der Waals surface area contributed by atoms with Crippen molar-refractivity contribution in [2.75, 3.05) is 0 Å². The van der Waals surface area contributed by atoms with E-state index in [1.54, 1.807) is 6.07 Å². The van der Waals surface area contributed by atoms with E-state index in [0.29, 0.717) is 11.3 Å². The highest BCUT2D eigenvalue weighted by Crippen LogP contribution is 2.41. The van der Waals surface area contributed by atoms with Gasteiger partial charge in [-0.05, 0) is 92.7 Å². The second-order valence-electron chi connectivity index (χ2n) is 7.79. The molecule has 1 fully saturated rings. The summed E-state index contributed by atoms with van der Waals surface area (Å²) in [6.45, 7) is 2.04. The van der Waals surface area contributed by atoms with Crippen molar-refractivity contribution in [3.05, 3.63) is 56.2 Å². The Labute approximate surface area is 180 Å². The van der Waals surface area contributed by atoms with Crippen LogP contribution in [-0.2, 0) is 12.8 Å². The predicted octanol–water partition coefficient (Wildman–Crippen LogP) is 5.97. The van der Waals surface area contributed by atoms with Gasteiger partial charge in [0.25, 0.3) is 0 Å². The summed E-state index contributed by atoms with van der Waals surface area (Å²) in [6, 6.07) is 9.67. The molecule has 3 rings (SSSR count). The minimum atomic E-state index is -0.868. The van der Waals surface area contributed by atoms with Crippen LogP contribution >= 0.6 is 34.5 Å². The van der Waals surface area contributed by atoms with Crippen molar-refractivity contribution in [1.29, 1.82) is 0 Å². The highest BCUT2D eigenvalue weighted by atomic mass is 35.5. The quantitative estimate of drug-likeness (QED) is 0.497. The number of aliphatic hydroxyl groups excluding tert-OH is 1. The molecule has 3 nitrogen and oxygen atoms in total. The molecule has 0 spiro atoms. The molecule has 0 aliphatic heterocycles. The van der Waals surface area contributed by atoms with Crippen molar-refractivity contribution in [2.45, 2.75) is 56.9 Å². The summed E-state index contributed by atoms with van der Waals surface area (Å²) in [6.07, 6.45) is 4.83. The fourth-order valence-electron chi connectivity index (χ4n) is 4.36. The number of hydrogen-bond donors (Lipinski definition) is 2. The Morgan fingerprint density at radius 3 is 2.64 bits per heavy atom. The van der Waals surface area contributed by atoms with Crippen molar-refractivity contribution in [1.82, 2.24) is 0 Å². The number of aliphatic hydroxyl groups is 1. The number of halogens is 2. The first-order valence-corrected chi connectivity index (χ1v) is 11.4. The Bertz CT molecular complexity index is 800. The zero-order valence-electron chi connectivity index (χ0n) is 15.9. The molecule has 0 radical (unpaired) electrons. The van der Waals surface area contributed by atoms with Crippen LogP contribution < -0.4 is 0 Å². The Morgan fingerprint density at radius 1 is 1.18 bits per heavy atom. The van der Waals surface area contributed by atoms with Crippen LogP contribution in [0.4, 0.5) is 0 Å². The average Bonchev–Trinajstić information content (AvgIpc) is 3.18. The lowest BCUT2D eigenvalue weighted by molar-refractivity contribution is 0.0702. The van der Waals surface area contributed by atoms with Crippen molar-refractivity contribution < 1.29 is 15.0 Å². The second kappa shape index (κ2) is 9.62. The van der Waals surface area contributed by atoms with E-state index in [1.165, 1.54) is 16.9 Å². The summed E-state index contributed by atoms with van der Waals surface area (Å²) in [5, 5.41) is 20.3. The van der Waals surface area contributed by atoms with Gasteiger partial charge in [0.15, 0.2) is 0 Å². The number of aryl methyl sites for hydroxylation is 3. The van der Waals surface area contributed by atoms with Crippen LogP contribution in [0.15, 0.2) is 30.3 Å². The van der Waals surface area contributed by atoms with Gasteiger partial charge in [0.2, 0.25) is 0 Å². The topological polar surface area (TPSA) is 57.5 Å². The van der Waals surface area contributed by atoms with E-state index in [9.17, 15) is 9.90 Å². The van der Waals surface area contributed by atoms with Gasteiger partial charge in [-0.1, -0.05) is 17.7 Å². The van der Waals surface area contributed by atoms with E-state index in [2.05, 4.69) is 6.07 Å². The van der Waals surface area contributed by atoms with Gasteiger partial charge in [0.05, 0.1) is 6.10 Å². The minimum absolute atomic E-state index is 0.000913. The van der Waals surface area contributed by atoms with E-state index in [-0.39, 0.29) is 23.3 Å². The summed E-state index contributed by atoms with van der Waals surface area (Å²) in [5.74, 6) is -0.386. The molecule has 1 aliphatic rings. The minimum Gasteiger partial charge on any atom is -0.477 e. The molecule has 1 aromatic heterocycles. The average molecular weight is 441 g/mol. The smallest absolute Gasteiger partial charge is 0.345 e. The zero-order chi connectivity index (χ0) is 20.3. The van der Waals surface area contributed by atoms with Gasteiger partial charge in [-0.3, -0.25) is 0 Å². The molecule has 1 aromatic carbocycles. The summed E-state index contributed by atoms with van der Waals surface area (Å²) >= 11 is 14.1. The molecule has 1 heterocycles. The molecule has 4 atom stereocenters. The lowest BCUT2D eigenvalue weighted by atomic mass is 9.85. The molecule has 2 N–H and O–H groups in total. The van der Waals surface area contributed by atoms with Crippen LogP contribution in [0.5, 0.6) is 0 Å². The molecule has 28 heavy (non-hydrogen) atoms. The van der Waals surface area contributed by atoms with Gasteiger partial charge < -0.3 is 10.2 Å². The van der Waals surface area contributed by atoms with Gasteiger partial charge in [0.1, 0.15) is 4.88 Å². The summed E-state index contributed by atoms with van der Waals surface area (Å²) in [4.78, 5) is 12.5. The largest absolute Gasteiger partial charge is 0.477 e. The first kappa shape index (κ1) is 21.6. The number of carbonyl (C=O) groups is 1. The molecule has 0 saturated heterocycles. The fraction of sp³-hybridized carbons (Fsp3) is 0.500. The lowest BCUT2D eigenvalue weighted by Gasteiger charge is -2.23. The second-order valence-corrected chi connectivity index (χ2v) is 9.95. The molecule has 6 heteroatoms. The third kappa shape index (κ3) is 5.50. The zero-order valence-corrected chi connectivity index (χ0v) is 18.2. The van der Waals surface area contributed by atoms with E-state index >= 15 is 0 Å². The monoisotopic (exact) mass is 440 g/mol. The van der Waals surface area contributed by atoms with E-state index < -0.39 is 5.97 Å². The Balaban J connectivity index is 1.56. The van der Waals surface area contributed by atoms with E-state index in [1.807, 2.05) is 25.1 Å². The van der Waals surface area contributed by atoms with E-state index in [0.717, 1.165) is 47.6 Å². The molecule has 1 saturated carbocycles. The number of rotatable bonds is 8. The number of benzene rings is 1. The van der Waals surface area contributed by atoms with Crippen molar-refractivity contribution in [3.63, 3.8) is 0 Å². The van der Waals surface area contributed by atoms with Crippen LogP contribution in [-0.4, -0.2) is 27.7 Å². The SMILES string of the molecule is Cc1cc(Cl)cc(CCC2C(O)CC(Cl)C2CCCc2ccc(C(=O)O)s2)c1. The van der Waals surface area contributed by atoms with Crippen LogP contribution in [0.25, 0.3) is 0 Å². The molecule has 4 unspecified atom stereocenters. The number of thiophene rings is 1. The lowest BCUT2D eigenvalue weighted by Crippen LogP contribution is -2.21. The molecule has 0 amide bonds. The fourth-order valence-corrected chi connectivity index (χ4v) is 6.06. The molecular weight excluding hydrogens is 415 g/mol. The Kier molecular flexibility index (Phi) is 7.43. The third-order valence-corrected chi connectivity index (χ3v) is 7.53. The third-order valence-electron chi connectivity index (χ3n) is 5.68. The van der Waals surface area contributed by atoms with Gasteiger partial charge in [-0.2, -0.15) is 0 Å². The van der Waals surface area contributed by atoms with Crippen LogP contribution in [0.3, 0.4) is 0 Å².